The van der Waals surface area contributed by atoms with Gasteiger partial charge >= 0.3 is 0 Å². The summed E-state index contributed by atoms with van der Waals surface area (Å²) in [6.07, 6.45) is 15.8. The fourth-order valence-corrected chi connectivity index (χ4v) is 3.44. The Morgan fingerprint density at radius 3 is 2.13 bits per heavy atom. The van der Waals surface area contributed by atoms with Gasteiger partial charge in [-0.1, -0.05) is 76.5 Å². The van der Waals surface area contributed by atoms with E-state index in [1.54, 1.807) is 11.8 Å². The summed E-state index contributed by atoms with van der Waals surface area (Å²) in [5, 5.41) is 12.2. The van der Waals surface area contributed by atoms with Crippen LogP contribution in [0.5, 0.6) is 0 Å². The fraction of sp³-hybridized carbons (Fsp3) is 0.947. The number of hydrogen-bond donors (Lipinski definition) is 2. The lowest BCUT2D eigenvalue weighted by atomic mass is 10.1. The van der Waals surface area contributed by atoms with Crippen LogP contribution in [0.1, 0.15) is 90.4 Å². The number of carbonyl (C=O) groups is 1. The van der Waals surface area contributed by atoms with E-state index in [0.29, 0.717) is 11.7 Å². The van der Waals surface area contributed by atoms with Crippen molar-refractivity contribution in [1.29, 1.82) is 0 Å². The first-order chi connectivity index (χ1) is 11.3. The van der Waals surface area contributed by atoms with E-state index in [9.17, 15) is 4.79 Å². The SMILES string of the molecule is CCCCCCCCCSC(=O)CCCCCCCNCCO. The highest BCUT2D eigenvalue weighted by Crippen LogP contribution is 2.14. The minimum atomic E-state index is 0.221. The van der Waals surface area contributed by atoms with Crippen molar-refractivity contribution >= 4 is 16.9 Å². The zero-order valence-electron chi connectivity index (χ0n) is 15.3. The van der Waals surface area contributed by atoms with E-state index >= 15 is 0 Å². The Bertz CT molecular complexity index is 250. The molecule has 0 unspecified atom stereocenters. The Morgan fingerprint density at radius 1 is 0.826 bits per heavy atom. The van der Waals surface area contributed by atoms with Crippen molar-refractivity contribution in [2.45, 2.75) is 90.4 Å². The van der Waals surface area contributed by atoms with Crippen LogP contribution in [0.25, 0.3) is 0 Å². The number of rotatable bonds is 18. The predicted molar refractivity (Wildman–Crippen MR) is 103 cm³/mol. The zero-order chi connectivity index (χ0) is 17.0. The maximum absolute atomic E-state index is 11.8. The summed E-state index contributed by atoms with van der Waals surface area (Å²) in [5.74, 6) is 1.02. The Kier molecular flexibility index (Phi) is 19.9. The van der Waals surface area contributed by atoms with Gasteiger partial charge in [0.25, 0.3) is 0 Å². The van der Waals surface area contributed by atoms with Crippen molar-refractivity contribution in [3.8, 4) is 0 Å². The van der Waals surface area contributed by atoms with E-state index in [0.717, 1.165) is 25.1 Å². The van der Waals surface area contributed by atoms with Gasteiger partial charge in [0, 0.05) is 18.7 Å². The number of thioether (sulfide) groups is 1. The molecule has 0 heterocycles. The minimum absolute atomic E-state index is 0.221. The van der Waals surface area contributed by atoms with Crippen molar-refractivity contribution in [1.82, 2.24) is 5.32 Å². The van der Waals surface area contributed by atoms with Crippen LogP contribution >= 0.6 is 11.8 Å². The molecule has 2 N–H and O–H groups in total. The molecule has 0 atom stereocenters. The molecule has 0 aliphatic rings. The van der Waals surface area contributed by atoms with Crippen molar-refractivity contribution in [3.63, 3.8) is 0 Å². The molecule has 0 bridgehead atoms. The van der Waals surface area contributed by atoms with Gasteiger partial charge in [-0.3, -0.25) is 4.79 Å². The van der Waals surface area contributed by atoms with Crippen LogP contribution in [-0.4, -0.2) is 35.7 Å². The highest BCUT2D eigenvalue weighted by Gasteiger charge is 2.02. The smallest absolute Gasteiger partial charge is 0.188 e. The lowest BCUT2D eigenvalue weighted by molar-refractivity contribution is -0.111. The van der Waals surface area contributed by atoms with Crippen molar-refractivity contribution < 1.29 is 9.90 Å². The van der Waals surface area contributed by atoms with Crippen LogP contribution in [0.3, 0.4) is 0 Å². The van der Waals surface area contributed by atoms with Crippen LogP contribution in [0.2, 0.25) is 0 Å². The Hall–Kier alpha value is -0.0600. The largest absolute Gasteiger partial charge is 0.395 e. The van der Waals surface area contributed by atoms with Crippen molar-refractivity contribution in [2.24, 2.45) is 0 Å². The normalized spacial score (nSPS) is 11.0. The number of carbonyl (C=O) groups excluding carboxylic acids is 1. The number of unbranched alkanes of at least 4 members (excludes halogenated alkanes) is 10. The van der Waals surface area contributed by atoms with Gasteiger partial charge in [0.05, 0.1) is 6.61 Å². The highest BCUT2D eigenvalue weighted by molar-refractivity contribution is 8.13. The van der Waals surface area contributed by atoms with E-state index in [-0.39, 0.29) is 6.61 Å². The third-order valence-electron chi connectivity index (χ3n) is 4.03. The average molecular weight is 346 g/mol. The minimum Gasteiger partial charge on any atom is -0.395 e. The molecule has 0 spiro atoms. The summed E-state index contributed by atoms with van der Waals surface area (Å²) in [7, 11) is 0. The molecule has 0 aliphatic heterocycles. The Morgan fingerprint density at radius 2 is 1.43 bits per heavy atom. The summed E-state index contributed by atoms with van der Waals surface area (Å²) in [4.78, 5) is 11.8. The molecule has 0 aromatic rings. The third-order valence-corrected chi connectivity index (χ3v) is 5.05. The summed E-state index contributed by atoms with van der Waals surface area (Å²) >= 11 is 1.55. The lowest BCUT2D eigenvalue weighted by Crippen LogP contribution is -2.19. The van der Waals surface area contributed by atoms with Crippen LogP contribution in [0.15, 0.2) is 0 Å². The van der Waals surface area contributed by atoms with Crippen LogP contribution in [-0.2, 0) is 4.79 Å². The molecule has 0 aliphatic carbocycles. The van der Waals surface area contributed by atoms with E-state index in [1.807, 2.05) is 0 Å². The predicted octanol–water partition coefficient (Wildman–Crippen LogP) is 4.92. The van der Waals surface area contributed by atoms with Gasteiger partial charge in [0.15, 0.2) is 5.12 Å². The van der Waals surface area contributed by atoms with E-state index in [1.165, 1.54) is 70.6 Å². The van der Waals surface area contributed by atoms with Crippen molar-refractivity contribution in [2.75, 3.05) is 25.4 Å². The van der Waals surface area contributed by atoms with Crippen molar-refractivity contribution in [3.05, 3.63) is 0 Å². The summed E-state index contributed by atoms with van der Waals surface area (Å²) < 4.78 is 0. The van der Waals surface area contributed by atoms with E-state index < -0.39 is 0 Å². The van der Waals surface area contributed by atoms with Gasteiger partial charge in [0.1, 0.15) is 0 Å². The number of hydrogen-bond acceptors (Lipinski definition) is 4. The second kappa shape index (κ2) is 20.0. The summed E-state index contributed by atoms with van der Waals surface area (Å²) in [6.45, 7) is 4.16. The number of aliphatic hydroxyl groups is 1. The number of aliphatic hydroxyl groups excluding tert-OH is 1. The molecule has 23 heavy (non-hydrogen) atoms. The molecule has 138 valence electrons. The highest BCUT2D eigenvalue weighted by atomic mass is 32.2. The van der Waals surface area contributed by atoms with Gasteiger partial charge in [-0.2, -0.15) is 0 Å². The third kappa shape index (κ3) is 19.9. The molecule has 0 aromatic heterocycles. The number of nitrogens with one attached hydrogen (secondary N) is 1. The molecule has 3 nitrogen and oxygen atoms in total. The first kappa shape index (κ1) is 22.9. The fourth-order valence-electron chi connectivity index (χ4n) is 2.57. The maximum atomic E-state index is 11.8. The molecular weight excluding hydrogens is 306 g/mol. The summed E-state index contributed by atoms with van der Waals surface area (Å²) in [6, 6.07) is 0. The quantitative estimate of drug-likeness (QED) is 0.346. The maximum Gasteiger partial charge on any atom is 0.188 e. The molecular formula is C19H39NO2S. The monoisotopic (exact) mass is 345 g/mol. The van der Waals surface area contributed by atoms with Gasteiger partial charge in [-0.05, 0) is 25.8 Å². The van der Waals surface area contributed by atoms with Crippen LogP contribution < -0.4 is 5.32 Å². The first-order valence-corrected chi connectivity index (χ1v) is 10.8. The summed E-state index contributed by atoms with van der Waals surface area (Å²) in [5.41, 5.74) is 0. The Balaban J connectivity index is 3.13. The van der Waals surface area contributed by atoms with Crippen LogP contribution in [0.4, 0.5) is 0 Å². The Labute approximate surface area is 148 Å². The van der Waals surface area contributed by atoms with Gasteiger partial charge in [-0.25, -0.2) is 0 Å². The topological polar surface area (TPSA) is 49.3 Å². The molecule has 0 saturated carbocycles. The molecule has 0 amide bonds. The molecule has 4 heteroatoms. The lowest BCUT2D eigenvalue weighted by Gasteiger charge is -2.04. The molecule has 0 aromatic carbocycles. The zero-order valence-corrected chi connectivity index (χ0v) is 16.1. The van der Waals surface area contributed by atoms with Crippen LogP contribution in [0, 0.1) is 0 Å². The molecule has 0 rings (SSSR count). The standard InChI is InChI=1S/C19H39NO2S/c1-2-3-4-5-6-10-13-18-23-19(22)14-11-8-7-9-12-15-20-16-17-21/h20-21H,2-18H2,1H3. The van der Waals surface area contributed by atoms with Gasteiger partial charge in [0.2, 0.25) is 0 Å². The van der Waals surface area contributed by atoms with E-state index in [2.05, 4.69) is 12.2 Å². The van der Waals surface area contributed by atoms with Gasteiger partial charge < -0.3 is 10.4 Å². The second-order valence-electron chi connectivity index (χ2n) is 6.33. The molecule has 0 fully saturated rings. The second-order valence-corrected chi connectivity index (χ2v) is 7.49. The average Bonchev–Trinajstić information content (AvgIpc) is 2.56. The van der Waals surface area contributed by atoms with E-state index in [4.69, 9.17) is 5.11 Å². The first-order valence-electron chi connectivity index (χ1n) is 9.78. The molecule has 0 radical (unpaired) electrons. The van der Waals surface area contributed by atoms with Gasteiger partial charge in [-0.15, -0.1) is 0 Å². The molecule has 0 saturated heterocycles.